The van der Waals surface area contributed by atoms with E-state index in [1.807, 2.05) is 51.0 Å². The Balaban J connectivity index is 0.000000269. The summed E-state index contributed by atoms with van der Waals surface area (Å²) in [5.41, 5.74) is 9.89. The molecule has 12 nitrogen and oxygen atoms in total. The Bertz CT molecular complexity index is 2130. The van der Waals surface area contributed by atoms with Crippen LogP contribution in [0, 0.1) is 6.92 Å². The SMILES string of the molecule is CSc1cc(-c2cn(C)nc2N)ncn1.CSc1cc(-c2cn(C)nc2Nc2cc(NC(=O)c3cccc(C(F)(F)F)c3)ccc2C)ncn1. The van der Waals surface area contributed by atoms with Crippen molar-refractivity contribution >= 4 is 52.4 Å². The molecule has 1 amide bonds. The highest BCUT2D eigenvalue weighted by molar-refractivity contribution is 7.98. The molecule has 6 aromatic rings. The average molecular weight is 720 g/mol. The standard InChI is InChI=1S/C24H21F3N6OS.C9H11N5S/c1-14-7-8-17(30-23(34)15-5-4-6-16(9-15)24(25,26)27)10-19(14)31-22-18(12-33(2)32-22)20-11-21(35-3)29-13-28-20;1-14-4-6(9(10)13-14)7-3-8(15-2)12-5-11-7/h4-13H,1-3H3,(H,30,34)(H,31,32);3-5H,1-2H3,(H2,10,13). The van der Waals surface area contributed by atoms with E-state index in [4.69, 9.17) is 5.73 Å². The van der Waals surface area contributed by atoms with Crippen LogP contribution in [0.2, 0.25) is 0 Å². The molecule has 0 radical (unpaired) electrons. The zero-order valence-corrected chi connectivity index (χ0v) is 29.2. The van der Waals surface area contributed by atoms with Crippen molar-refractivity contribution in [1.82, 2.24) is 39.5 Å². The van der Waals surface area contributed by atoms with Crippen molar-refractivity contribution in [3.05, 3.63) is 96.3 Å². The topological polar surface area (TPSA) is 154 Å². The molecule has 4 heterocycles. The molecule has 2 aromatic carbocycles. The highest BCUT2D eigenvalue weighted by Crippen LogP contribution is 2.32. The summed E-state index contributed by atoms with van der Waals surface area (Å²) in [4.78, 5) is 29.5. The van der Waals surface area contributed by atoms with Gasteiger partial charge in [0.2, 0.25) is 0 Å². The van der Waals surface area contributed by atoms with Crippen LogP contribution in [0.25, 0.3) is 22.5 Å². The van der Waals surface area contributed by atoms with E-state index in [0.717, 1.165) is 44.6 Å². The maximum atomic E-state index is 13.0. The van der Waals surface area contributed by atoms with E-state index in [1.165, 1.54) is 36.5 Å². The fourth-order valence-corrected chi connectivity index (χ4v) is 5.43. The monoisotopic (exact) mass is 719 g/mol. The van der Waals surface area contributed by atoms with Crippen LogP contribution in [0.15, 0.2) is 89.7 Å². The molecule has 0 fully saturated rings. The number of aromatic nitrogens is 8. The number of carbonyl (C=O) groups is 1. The maximum absolute atomic E-state index is 13.0. The Morgan fingerprint density at radius 1 is 0.820 bits per heavy atom. The van der Waals surface area contributed by atoms with Gasteiger partial charge in [0.1, 0.15) is 12.7 Å². The summed E-state index contributed by atoms with van der Waals surface area (Å²) < 4.78 is 42.3. The third-order valence-electron chi connectivity index (χ3n) is 7.14. The molecule has 50 heavy (non-hydrogen) atoms. The van der Waals surface area contributed by atoms with Gasteiger partial charge in [-0.05, 0) is 67.5 Å². The third-order valence-corrected chi connectivity index (χ3v) is 8.42. The van der Waals surface area contributed by atoms with Crippen molar-refractivity contribution in [3.63, 3.8) is 0 Å². The molecule has 0 bridgehead atoms. The average Bonchev–Trinajstić information content (AvgIpc) is 3.65. The number of hydrogen-bond acceptors (Lipinski definition) is 11. The number of carbonyl (C=O) groups excluding carboxylic acids is 1. The van der Waals surface area contributed by atoms with Gasteiger partial charge in [0, 0.05) is 43.4 Å². The van der Waals surface area contributed by atoms with Gasteiger partial charge in [0.15, 0.2) is 11.6 Å². The van der Waals surface area contributed by atoms with E-state index >= 15 is 0 Å². The maximum Gasteiger partial charge on any atom is 0.416 e. The van der Waals surface area contributed by atoms with Crippen LogP contribution in [-0.4, -0.2) is 57.9 Å². The summed E-state index contributed by atoms with van der Waals surface area (Å²) in [7, 11) is 3.63. The van der Waals surface area contributed by atoms with Crippen molar-refractivity contribution in [1.29, 1.82) is 0 Å². The number of rotatable bonds is 8. The van der Waals surface area contributed by atoms with E-state index in [0.29, 0.717) is 28.7 Å². The van der Waals surface area contributed by atoms with Crippen molar-refractivity contribution in [2.75, 3.05) is 28.9 Å². The molecule has 17 heteroatoms. The predicted octanol–water partition coefficient (Wildman–Crippen LogP) is 7.10. The predicted molar refractivity (Wildman–Crippen MR) is 190 cm³/mol. The zero-order valence-electron chi connectivity index (χ0n) is 27.5. The summed E-state index contributed by atoms with van der Waals surface area (Å²) in [6.45, 7) is 1.89. The number of nitrogen functional groups attached to an aromatic ring is 1. The molecule has 0 unspecified atom stereocenters. The lowest BCUT2D eigenvalue weighted by Gasteiger charge is -2.13. The van der Waals surface area contributed by atoms with Crippen LogP contribution >= 0.6 is 23.5 Å². The molecule has 0 saturated heterocycles. The molecule has 4 N–H and O–H groups in total. The van der Waals surface area contributed by atoms with Gasteiger partial charge in [-0.2, -0.15) is 23.4 Å². The number of benzene rings is 2. The fourth-order valence-electron chi connectivity index (χ4n) is 4.67. The van der Waals surface area contributed by atoms with Gasteiger partial charge in [-0.1, -0.05) is 12.1 Å². The van der Waals surface area contributed by atoms with E-state index < -0.39 is 17.6 Å². The van der Waals surface area contributed by atoms with Crippen LogP contribution < -0.4 is 16.4 Å². The van der Waals surface area contributed by atoms with Crippen LogP contribution in [0.5, 0.6) is 0 Å². The minimum atomic E-state index is -4.53. The molecule has 258 valence electrons. The van der Waals surface area contributed by atoms with Crippen LogP contribution in [0.1, 0.15) is 21.5 Å². The smallest absolute Gasteiger partial charge is 0.382 e. The number of anilines is 4. The van der Waals surface area contributed by atoms with Gasteiger partial charge < -0.3 is 16.4 Å². The molecule has 0 aliphatic rings. The summed E-state index contributed by atoms with van der Waals surface area (Å²) in [5, 5.41) is 16.2. The lowest BCUT2D eigenvalue weighted by Crippen LogP contribution is -2.14. The number of nitrogens with one attached hydrogen (secondary N) is 2. The van der Waals surface area contributed by atoms with Crippen LogP contribution in [0.3, 0.4) is 0 Å². The second kappa shape index (κ2) is 15.4. The lowest BCUT2D eigenvalue weighted by molar-refractivity contribution is -0.137. The number of nitrogens with two attached hydrogens (primary N) is 1. The highest BCUT2D eigenvalue weighted by Gasteiger charge is 2.31. The molecule has 0 atom stereocenters. The van der Waals surface area contributed by atoms with Gasteiger partial charge >= 0.3 is 6.18 Å². The Hall–Kier alpha value is -5.42. The van der Waals surface area contributed by atoms with Gasteiger partial charge in [-0.3, -0.25) is 14.2 Å². The number of halogens is 3. The number of hydrogen-bond donors (Lipinski definition) is 3. The first-order valence-corrected chi connectivity index (χ1v) is 17.2. The Labute approximate surface area is 294 Å². The van der Waals surface area contributed by atoms with Crippen molar-refractivity contribution in [2.45, 2.75) is 23.2 Å². The fraction of sp³-hybridized carbons (Fsp3) is 0.182. The molecule has 4 aromatic heterocycles. The quantitative estimate of drug-likeness (QED) is 0.109. The van der Waals surface area contributed by atoms with Crippen LogP contribution in [0.4, 0.5) is 36.2 Å². The zero-order chi connectivity index (χ0) is 36.0. The van der Waals surface area contributed by atoms with Gasteiger partial charge in [-0.15, -0.1) is 23.5 Å². The van der Waals surface area contributed by atoms with Gasteiger partial charge in [0.25, 0.3) is 5.91 Å². The molecule has 0 saturated carbocycles. The summed E-state index contributed by atoms with van der Waals surface area (Å²) >= 11 is 3.07. The van der Waals surface area contributed by atoms with Crippen molar-refractivity contribution in [2.24, 2.45) is 14.1 Å². The number of nitrogens with zero attached hydrogens (tertiary/aromatic N) is 8. The van der Waals surface area contributed by atoms with Crippen molar-refractivity contribution in [3.8, 4) is 22.5 Å². The first kappa shape index (κ1) is 35.9. The first-order valence-electron chi connectivity index (χ1n) is 14.8. The number of thioether (sulfide) groups is 2. The second-order valence-electron chi connectivity index (χ2n) is 10.7. The lowest BCUT2D eigenvalue weighted by atomic mass is 10.1. The number of aryl methyl sites for hydroxylation is 3. The van der Waals surface area contributed by atoms with E-state index in [9.17, 15) is 18.0 Å². The summed E-state index contributed by atoms with van der Waals surface area (Å²) in [6, 6.07) is 13.2. The number of alkyl halides is 3. The minimum Gasteiger partial charge on any atom is -0.382 e. The first-order chi connectivity index (χ1) is 23.8. The Morgan fingerprint density at radius 3 is 2.04 bits per heavy atom. The molecule has 6 rings (SSSR count). The molecule has 0 aliphatic heterocycles. The van der Waals surface area contributed by atoms with Crippen molar-refractivity contribution < 1.29 is 18.0 Å². The highest BCUT2D eigenvalue weighted by atomic mass is 32.2. The second-order valence-corrected chi connectivity index (χ2v) is 12.4. The molecular weight excluding hydrogens is 688 g/mol. The minimum absolute atomic E-state index is 0.0877. The normalized spacial score (nSPS) is 11.1. The van der Waals surface area contributed by atoms with E-state index in [-0.39, 0.29) is 5.56 Å². The summed E-state index contributed by atoms with van der Waals surface area (Å²) in [5.74, 6) is 0.404. The Morgan fingerprint density at radius 2 is 1.44 bits per heavy atom. The molecular formula is C33H32F3N11OS2. The number of amides is 1. The Kier molecular flexibility index (Phi) is 11.1. The molecule has 0 aliphatic carbocycles. The largest absolute Gasteiger partial charge is 0.416 e. The van der Waals surface area contributed by atoms with Gasteiger partial charge in [0.05, 0.1) is 38.1 Å². The van der Waals surface area contributed by atoms with Crippen LogP contribution in [-0.2, 0) is 20.3 Å². The van der Waals surface area contributed by atoms with Gasteiger partial charge in [-0.25, -0.2) is 19.9 Å². The van der Waals surface area contributed by atoms with E-state index in [1.54, 1.807) is 46.4 Å². The van der Waals surface area contributed by atoms with E-state index in [2.05, 4.69) is 40.8 Å². The molecule has 0 spiro atoms. The third kappa shape index (κ3) is 8.78. The summed E-state index contributed by atoms with van der Waals surface area (Å²) in [6.07, 6.45) is 6.08.